The zero-order valence-electron chi connectivity index (χ0n) is 8.44. The summed E-state index contributed by atoms with van der Waals surface area (Å²) >= 11 is 10.2. The SMILES string of the molecule is Clc1cccc2sc3c(c12)SCc1[se]nnc1-3. The summed E-state index contributed by atoms with van der Waals surface area (Å²) in [6, 6.07) is 6.09. The van der Waals surface area contributed by atoms with Crippen LogP contribution in [0, 0.1) is 0 Å². The second kappa shape index (κ2) is 3.84. The van der Waals surface area contributed by atoms with Gasteiger partial charge < -0.3 is 0 Å². The van der Waals surface area contributed by atoms with Gasteiger partial charge in [-0.3, -0.25) is 0 Å². The molecule has 0 bridgehead atoms. The Bertz CT molecular complexity index is 734. The van der Waals surface area contributed by atoms with E-state index in [0.717, 1.165) is 16.5 Å². The van der Waals surface area contributed by atoms with Crippen LogP contribution in [0.15, 0.2) is 23.1 Å². The van der Waals surface area contributed by atoms with Gasteiger partial charge in [0.05, 0.1) is 0 Å². The monoisotopic (exact) mass is 344 g/mol. The number of benzene rings is 1. The molecule has 0 radical (unpaired) electrons. The van der Waals surface area contributed by atoms with Crippen LogP contribution >= 0.6 is 34.7 Å². The Kier molecular flexibility index (Phi) is 2.39. The zero-order chi connectivity index (χ0) is 11.4. The Morgan fingerprint density at radius 3 is 3.24 bits per heavy atom. The topological polar surface area (TPSA) is 25.8 Å². The van der Waals surface area contributed by atoms with E-state index < -0.39 is 0 Å². The van der Waals surface area contributed by atoms with Crippen molar-refractivity contribution in [3.05, 3.63) is 27.7 Å². The van der Waals surface area contributed by atoms with Crippen molar-refractivity contribution in [1.82, 2.24) is 9.19 Å². The molecule has 0 aliphatic carbocycles. The third-order valence-corrected chi connectivity index (χ3v) is 7.40. The number of fused-ring (bicyclic) bond motifs is 5. The standard InChI is InChI=1S/C11H5ClN2S2Se/c12-5-2-1-3-6-8(5)10-11(16-6)9-7(4-15-10)17-14-13-9/h1-3H,4H2. The molecule has 1 aliphatic rings. The van der Waals surface area contributed by atoms with Crippen molar-refractivity contribution in [3.8, 4) is 10.6 Å². The molecule has 17 heavy (non-hydrogen) atoms. The molecule has 0 N–H and O–H groups in total. The van der Waals surface area contributed by atoms with Crippen molar-refractivity contribution in [1.29, 1.82) is 0 Å². The molecule has 6 heteroatoms. The zero-order valence-corrected chi connectivity index (χ0v) is 12.5. The van der Waals surface area contributed by atoms with Gasteiger partial charge in [0.2, 0.25) is 0 Å². The minimum absolute atomic E-state index is 0.222. The maximum absolute atomic E-state index is 6.31. The van der Waals surface area contributed by atoms with E-state index in [9.17, 15) is 0 Å². The van der Waals surface area contributed by atoms with Gasteiger partial charge in [-0.25, -0.2) is 0 Å². The molecule has 3 heterocycles. The second-order valence-electron chi connectivity index (χ2n) is 3.71. The third kappa shape index (κ3) is 1.47. The molecule has 1 aliphatic heterocycles. The van der Waals surface area contributed by atoms with E-state index in [0.29, 0.717) is 0 Å². The molecule has 0 spiro atoms. The summed E-state index contributed by atoms with van der Waals surface area (Å²) in [5.74, 6) is 1.02. The van der Waals surface area contributed by atoms with Crippen molar-refractivity contribution in [2.45, 2.75) is 10.6 Å². The van der Waals surface area contributed by atoms with Crippen molar-refractivity contribution >= 4 is 59.5 Å². The van der Waals surface area contributed by atoms with Crippen LogP contribution in [0.5, 0.6) is 0 Å². The number of rotatable bonds is 0. The van der Waals surface area contributed by atoms with Gasteiger partial charge in [0.1, 0.15) is 0 Å². The predicted molar refractivity (Wildman–Crippen MR) is 74.4 cm³/mol. The van der Waals surface area contributed by atoms with Crippen LogP contribution in [-0.4, -0.2) is 23.9 Å². The summed E-state index contributed by atoms with van der Waals surface area (Å²) in [7, 11) is 0. The van der Waals surface area contributed by atoms with E-state index in [2.05, 4.69) is 15.3 Å². The number of halogens is 1. The molecule has 4 rings (SSSR count). The van der Waals surface area contributed by atoms with Crippen LogP contribution in [0.3, 0.4) is 0 Å². The number of hydrogen-bond donors (Lipinski definition) is 0. The summed E-state index contributed by atoms with van der Waals surface area (Å²) in [4.78, 5) is 2.56. The summed E-state index contributed by atoms with van der Waals surface area (Å²) in [5.41, 5.74) is 1.12. The molecule has 0 fully saturated rings. The van der Waals surface area contributed by atoms with Gasteiger partial charge in [0, 0.05) is 0 Å². The van der Waals surface area contributed by atoms with Crippen LogP contribution in [0.4, 0.5) is 0 Å². The van der Waals surface area contributed by atoms with Crippen LogP contribution in [0.2, 0.25) is 5.02 Å². The first kappa shape index (κ1) is 10.6. The normalized spacial score (nSPS) is 13.7. The molecule has 3 aromatic rings. The van der Waals surface area contributed by atoms with Crippen LogP contribution in [0.1, 0.15) is 4.44 Å². The molecule has 0 saturated heterocycles. The Balaban J connectivity index is 2.14. The first-order valence-electron chi connectivity index (χ1n) is 5.00. The van der Waals surface area contributed by atoms with Crippen molar-refractivity contribution < 1.29 is 0 Å². The Hall–Kier alpha value is -0.321. The summed E-state index contributed by atoms with van der Waals surface area (Å²) < 4.78 is 6.86. The van der Waals surface area contributed by atoms with Gasteiger partial charge in [0.15, 0.2) is 0 Å². The number of thiophene rings is 1. The number of nitrogens with zero attached hydrogens (tertiary/aromatic N) is 2. The van der Waals surface area contributed by atoms with E-state index in [-0.39, 0.29) is 14.7 Å². The first-order chi connectivity index (χ1) is 8.34. The van der Waals surface area contributed by atoms with Gasteiger partial charge >= 0.3 is 118 Å². The third-order valence-electron chi connectivity index (χ3n) is 2.74. The molecule has 0 amide bonds. The van der Waals surface area contributed by atoms with Crippen molar-refractivity contribution in [2.24, 2.45) is 0 Å². The average molecular weight is 344 g/mol. The average Bonchev–Trinajstić information content (AvgIpc) is 2.91. The molecule has 2 nitrogen and oxygen atoms in total. The molecular weight excluding hydrogens is 339 g/mol. The van der Waals surface area contributed by atoms with Crippen LogP contribution in [0.25, 0.3) is 20.7 Å². The first-order valence-corrected chi connectivity index (χ1v) is 8.80. The maximum atomic E-state index is 6.31. The quantitative estimate of drug-likeness (QED) is 0.582. The van der Waals surface area contributed by atoms with E-state index >= 15 is 0 Å². The number of hydrogen-bond acceptors (Lipinski definition) is 4. The molecule has 0 atom stereocenters. The fourth-order valence-corrected chi connectivity index (χ4v) is 6.72. The van der Waals surface area contributed by atoms with E-state index in [1.54, 1.807) is 11.3 Å². The van der Waals surface area contributed by atoms with E-state index in [1.807, 2.05) is 23.9 Å². The Morgan fingerprint density at radius 2 is 2.29 bits per heavy atom. The van der Waals surface area contributed by atoms with Gasteiger partial charge in [-0.2, -0.15) is 0 Å². The molecule has 0 saturated carbocycles. The van der Waals surface area contributed by atoms with Gasteiger partial charge in [0.25, 0.3) is 0 Å². The van der Waals surface area contributed by atoms with Gasteiger partial charge in [-0.15, -0.1) is 0 Å². The van der Waals surface area contributed by atoms with Crippen LogP contribution in [-0.2, 0) is 5.75 Å². The molecule has 84 valence electrons. The van der Waals surface area contributed by atoms with E-state index in [1.165, 1.54) is 24.3 Å². The fraction of sp³-hybridized carbons (Fsp3) is 0.0909. The minimum atomic E-state index is 0.222. The molecule has 2 aromatic heterocycles. The Labute approximate surface area is 117 Å². The second-order valence-corrected chi connectivity index (χ2v) is 7.91. The van der Waals surface area contributed by atoms with Gasteiger partial charge in [-0.05, 0) is 0 Å². The molecule has 1 aromatic carbocycles. The summed E-state index contributed by atoms with van der Waals surface area (Å²) in [6.07, 6.45) is 0. The number of aromatic nitrogens is 2. The Morgan fingerprint density at radius 1 is 1.35 bits per heavy atom. The molecular formula is C11H5ClN2S2Se. The molecule has 0 unspecified atom stereocenters. The van der Waals surface area contributed by atoms with Crippen molar-refractivity contribution in [2.75, 3.05) is 0 Å². The van der Waals surface area contributed by atoms with Crippen molar-refractivity contribution in [3.63, 3.8) is 0 Å². The predicted octanol–water partition coefficient (Wildman–Crippen LogP) is 3.67. The van der Waals surface area contributed by atoms with Crippen LogP contribution < -0.4 is 0 Å². The summed E-state index contributed by atoms with van der Waals surface area (Å²) in [6.45, 7) is 0. The van der Waals surface area contributed by atoms with E-state index in [4.69, 9.17) is 11.6 Å². The van der Waals surface area contributed by atoms with Gasteiger partial charge in [-0.1, -0.05) is 0 Å². The number of thioether (sulfide) groups is 1. The fourth-order valence-electron chi connectivity index (χ4n) is 1.99. The summed E-state index contributed by atoms with van der Waals surface area (Å²) in [5, 5.41) is 6.35.